The Morgan fingerprint density at radius 2 is 1.52 bits per heavy atom. The van der Waals surface area contributed by atoms with Crippen molar-refractivity contribution in [2.45, 2.75) is 5.41 Å². The fourth-order valence-electron chi connectivity index (χ4n) is 3.52. The lowest BCUT2D eigenvalue weighted by Crippen LogP contribution is -2.40. The van der Waals surface area contributed by atoms with Crippen molar-refractivity contribution in [3.63, 3.8) is 0 Å². The second-order valence-electron chi connectivity index (χ2n) is 5.37. The average Bonchev–Trinajstić information content (AvgIpc) is 2.73. The van der Waals surface area contributed by atoms with Gasteiger partial charge in [0.2, 0.25) is 0 Å². The fourth-order valence-corrected chi connectivity index (χ4v) is 4.23. The van der Waals surface area contributed by atoms with Crippen LogP contribution in [0, 0.1) is 0 Å². The lowest BCUT2D eigenvalue weighted by atomic mass is 9.78. The number of benzene rings is 2. The van der Waals surface area contributed by atoms with E-state index in [-0.39, 0.29) is 5.41 Å². The molecule has 1 aliphatic carbocycles. The van der Waals surface area contributed by atoms with Crippen LogP contribution in [0.25, 0.3) is 11.1 Å². The molecule has 0 aliphatic heterocycles. The van der Waals surface area contributed by atoms with Gasteiger partial charge in [-0.15, -0.1) is 0 Å². The molecule has 2 aromatic carbocycles. The number of ether oxygens (including phenoxy) is 1. The Labute approximate surface area is 135 Å². The van der Waals surface area contributed by atoms with Gasteiger partial charge in [0.05, 0.1) is 12.0 Å². The van der Waals surface area contributed by atoms with E-state index < -0.39 is 0 Å². The molecule has 4 heteroatoms. The van der Waals surface area contributed by atoms with E-state index in [1.807, 2.05) is 31.3 Å². The van der Waals surface area contributed by atoms with E-state index >= 15 is 0 Å². The van der Waals surface area contributed by atoms with E-state index in [1.165, 1.54) is 0 Å². The Kier molecular flexibility index (Phi) is 3.98. The second kappa shape index (κ2) is 5.62. The Hall–Kier alpha value is -1.06. The quantitative estimate of drug-likeness (QED) is 0.914. The lowest BCUT2D eigenvalue weighted by Gasteiger charge is -2.32. The number of methoxy groups -OCH3 is 1. The molecular weight excluding hydrogens is 305 g/mol. The Morgan fingerprint density at radius 1 is 1.00 bits per heavy atom. The minimum Gasteiger partial charge on any atom is -0.383 e. The molecule has 0 saturated heterocycles. The molecular formula is C17H17Cl2NO. The van der Waals surface area contributed by atoms with Crippen molar-refractivity contribution in [2.24, 2.45) is 0 Å². The molecule has 2 aromatic rings. The number of hydrogen-bond donors (Lipinski definition) is 1. The third-order valence-electron chi connectivity index (χ3n) is 4.14. The summed E-state index contributed by atoms with van der Waals surface area (Å²) in [6.07, 6.45) is 0. The van der Waals surface area contributed by atoms with Gasteiger partial charge in [-0.2, -0.15) is 0 Å². The zero-order valence-corrected chi connectivity index (χ0v) is 13.6. The first-order valence-corrected chi connectivity index (χ1v) is 7.63. The second-order valence-corrected chi connectivity index (χ2v) is 6.18. The van der Waals surface area contributed by atoms with Crippen LogP contribution in [0.5, 0.6) is 0 Å². The molecule has 110 valence electrons. The number of rotatable bonds is 4. The molecule has 0 unspecified atom stereocenters. The highest BCUT2D eigenvalue weighted by atomic mass is 35.5. The Balaban J connectivity index is 2.39. The van der Waals surface area contributed by atoms with Gasteiger partial charge < -0.3 is 10.1 Å². The van der Waals surface area contributed by atoms with Crippen LogP contribution < -0.4 is 5.32 Å². The summed E-state index contributed by atoms with van der Waals surface area (Å²) < 4.78 is 5.55. The molecule has 3 rings (SSSR count). The third-order valence-corrected chi connectivity index (χ3v) is 4.77. The van der Waals surface area contributed by atoms with Crippen LogP contribution in [-0.2, 0) is 10.2 Å². The summed E-state index contributed by atoms with van der Waals surface area (Å²) in [7, 11) is 3.64. The molecule has 0 bridgehead atoms. The van der Waals surface area contributed by atoms with E-state index in [2.05, 4.69) is 17.4 Å². The van der Waals surface area contributed by atoms with Crippen LogP contribution in [0.3, 0.4) is 0 Å². The van der Waals surface area contributed by atoms with Gasteiger partial charge in [0.1, 0.15) is 0 Å². The Morgan fingerprint density at radius 3 is 1.95 bits per heavy atom. The maximum Gasteiger partial charge on any atom is 0.0613 e. The van der Waals surface area contributed by atoms with Gasteiger partial charge in [-0.3, -0.25) is 0 Å². The summed E-state index contributed by atoms with van der Waals surface area (Å²) >= 11 is 13.1. The van der Waals surface area contributed by atoms with Crippen LogP contribution in [-0.4, -0.2) is 27.3 Å². The number of fused-ring (bicyclic) bond motifs is 3. The molecule has 0 fully saturated rings. The lowest BCUT2D eigenvalue weighted by molar-refractivity contribution is 0.149. The van der Waals surface area contributed by atoms with Crippen molar-refractivity contribution in [3.05, 3.63) is 57.6 Å². The number of halogens is 2. The molecule has 0 spiro atoms. The summed E-state index contributed by atoms with van der Waals surface area (Å²) in [4.78, 5) is 0. The van der Waals surface area contributed by atoms with Crippen LogP contribution in [0.4, 0.5) is 0 Å². The third kappa shape index (κ3) is 2.09. The first kappa shape index (κ1) is 14.9. The minimum atomic E-state index is -0.356. The predicted octanol–water partition coefficient (Wildman–Crippen LogP) is 4.13. The van der Waals surface area contributed by atoms with Gasteiger partial charge in [-0.1, -0.05) is 47.5 Å². The van der Waals surface area contributed by atoms with Crippen LogP contribution in [0.15, 0.2) is 36.4 Å². The van der Waals surface area contributed by atoms with Gasteiger partial charge in [-0.05, 0) is 41.4 Å². The van der Waals surface area contributed by atoms with Gasteiger partial charge >= 0.3 is 0 Å². The van der Waals surface area contributed by atoms with Crippen molar-refractivity contribution < 1.29 is 4.74 Å². The SMILES string of the molecule is CNCC1(COC)c2c(Cl)cccc2-c2cccc(Cl)c21. The number of hydrogen-bond acceptors (Lipinski definition) is 2. The van der Waals surface area contributed by atoms with Crippen LogP contribution >= 0.6 is 23.2 Å². The highest BCUT2D eigenvalue weighted by Gasteiger charge is 2.45. The van der Waals surface area contributed by atoms with E-state index in [4.69, 9.17) is 27.9 Å². The van der Waals surface area contributed by atoms with Crippen molar-refractivity contribution >= 4 is 23.2 Å². The monoisotopic (exact) mass is 321 g/mol. The zero-order valence-electron chi connectivity index (χ0n) is 12.0. The predicted molar refractivity (Wildman–Crippen MR) is 88.5 cm³/mol. The van der Waals surface area contributed by atoms with E-state index in [1.54, 1.807) is 7.11 Å². The molecule has 1 aliphatic rings. The number of nitrogens with one attached hydrogen (secondary N) is 1. The van der Waals surface area contributed by atoms with Gasteiger partial charge in [0.15, 0.2) is 0 Å². The smallest absolute Gasteiger partial charge is 0.0613 e. The standard InChI is InChI=1S/C17H17Cl2NO/c1-20-9-17(10-21-2)15-11(5-3-7-13(15)18)12-6-4-8-14(19)16(12)17/h3-8,20H,9-10H2,1-2H3. The van der Waals surface area contributed by atoms with Gasteiger partial charge in [0, 0.05) is 23.7 Å². The van der Waals surface area contributed by atoms with Crippen molar-refractivity contribution in [1.29, 1.82) is 0 Å². The molecule has 0 aromatic heterocycles. The molecule has 21 heavy (non-hydrogen) atoms. The molecule has 1 N–H and O–H groups in total. The average molecular weight is 322 g/mol. The van der Waals surface area contributed by atoms with Gasteiger partial charge in [-0.25, -0.2) is 0 Å². The molecule has 0 saturated carbocycles. The highest BCUT2D eigenvalue weighted by Crippen LogP contribution is 2.53. The summed E-state index contributed by atoms with van der Waals surface area (Å²) in [5.41, 5.74) is 4.14. The number of likely N-dealkylation sites (N-methyl/N-ethyl adjacent to an activating group) is 1. The Bertz CT molecular complexity index is 625. The highest BCUT2D eigenvalue weighted by molar-refractivity contribution is 6.34. The largest absolute Gasteiger partial charge is 0.383 e. The first-order chi connectivity index (χ1) is 10.2. The summed E-state index contributed by atoms with van der Waals surface area (Å²) in [6.45, 7) is 1.25. The maximum absolute atomic E-state index is 6.54. The fraction of sp³-hybridized carbons (Fsp3) is 0.294. The van der Waals surface area contributed by atoms with Crippen LogP contribution in [0.2, 0.25) is 10.0 Å². The zero-order chi connectivity index (χ0) is 15.0. The first-order valence-electron chi connectivity index (χ1n) is 6.87. The normalized spacial score (nSPS) is 14.9. The van der Waals surface area contributed by atoms with E-state index in [0.29, 0.717) is 13.2 Å². The molecule has 2 nitrogen and oxygen atoms in total. The van der Waals surface area contributed by atoms with Gasteiger partial charge in [0.25, 0.3) is 0 Å². The summed E-state index contributed by atoms with van der Waals surface area (Å²) in [5.74, 6) is 0. The molecule has 0 heterocycles. The molecule has 0 amide bonds. The minimum absolute atomic E-state index is 0.356. The van der Waals surface area contributed by atoms with E-state index in [0.717, 1.165) is 32.3 Å². The topological polar surface area (TPSA) is 21.3 Å². The van der Waals surface area contributed by atoms with Crippen molar-refractivity contribution in [1.82, 2.24) is 5.32 Å². The van der Waals surface area contributed by atoms with E-state index in [9.17, 15) is 0 Å². The van der Waals surface area contributed by atoms with Crippen LogP contribution in [0.1, 0.15) is 11.1 Å². The van der Waals surface area contributed by atoms with Crippen molar-refractivity contribution in [2.75, 3.05) is 27.3 Å². The summed E-state index contributed by atoms with van der Waals surface area (Å²) in [5, 5.41) is 4.79. The molecule has 0 radical (unpaired) electrons. The van der Waals surface area contributed by atoms with Crippen molar-refractivity contribution in [3.8, 4) is 11.1 Å². The summed E-state index contributed by atoms with van der Waals surface area (Å²) in [6, 6.07) is 12.0. The molecule has 0 atom stereocenters. The maximum atomic E-state index is 6.54.